The summed E-state index contributed by atoms with van der Waals surface area (Å²) in [6, 6.07) is 4.10. The fourth-order valence-corrected chi connectivity index (χ4v) is 3.19. The van der Waals surface area contributed by atoms with Gasteiger partial charge in [0.25, 0.3) is 0 Å². The van der Waals surface area contributed by atoms with Gasteiger partial charge in [-0.15, -0.1) is 0 Å². The Kier molecular flexibility index (Phi) is 4.77. The lowest BCUT2D eigenvalue weighted by Gasteiger charge is -2.26. The molecule has 0 saturated carbocycles. The van der Waals surface area contributed by atoms with Crippen LogP contribution in [0.2, 0.25) is 0 Å². The molecule has 2 rings (SSSR count). The summed E-state index contributed by atoms with van der Waals surface area (Å²) in [6.45, 7) is 0.878. The van der Waals surface area contributed by atoms with Crippen LogP contribution < -0.4 is 5.32 Å². The van der Waals surface area contributed by atoms with E-state index in [2.05, 4.69) is 21.2 Å². The third-order valence-corrected chi connectivity index (χ3v) is 4.89. The number of carbonyl (C=O) groups excluding carboxylic acids is 1. The molecule has 1 saturated heterocycles. The minimum atomic E-state index is -1.05. The molecule has 0 unspecified atom stereocenters. The van der Waals surface area contributed by atoms with Crippen molar-refractivity contribution in [2.24, 2.45) is 0 Å². The van der Waals surface area contributed by atoms with Crippen molar-refractivity contribution in [1.29, 1.82) is 0 Å². The number of anilines is 1. The Bertz CT molecular complexity index is 569. The molecule has 0 aromatic heterocycles. The number of carboxylic acids is 1. The van der Waals surface area contributed by atoms with E-state index in [9.17, 15) is 13.8 Å². The molecule has 0 spiro atoms. The highest BCUT2D eigenvalue weighted by molar-refractivity contribution is 9.10. The fraction of sp³-hybridized carbons (Fsp3) is 0.333. The van der Waals surface area contributed by atoms with Gasteiger partial charge in [0.05, 0.1) is 11.3 Å². The molecule has 6 nitrogen and oxygen atoms in total. The maximum absolute atomic E-state index is 12.1. The molecule has 8 heteroatoms. The normalized spacial score (nSPS) is 15.9. The molecule has 20 heavy (non-hydrogen) atoms. The molecular weight excluding hydrogens is 348 g/mol. The van der Waals surface area contributed by atoms with Gasteiger partial charge < -0.3 is 15.3 Å². The quantitative estimate of drug-likeness (QED) is 0.840. The maximum atomic E-state index is 12.1. The summed E-state index contributed by atoms with van der Waals surface area (Å²) in [7, 11) is -0.847. The highest BCUT2D eigenvalue weighted by atomic mass is 79.9. The topological polar surface area (TPSA) is 86.7 Å². The monoisotopic (exact) mass is 360 g/mol. The smallest absolute Gasteiger partial charge is 0.335 e. The summed E-state index contributed by atoms with van der Waals surface area (Å²) in [5.74, 6) is -0.102. The Balaban J connectivity index is 2.09. The first-order valence-corrected chi connectivity index (χ1v) is 8.19. The largest absolute Gasteiger partial charge is 0.478 e. The number of hydrogen-bond donors (Lipinski definition) is 2. The molecule has 2 N–H and O–H groups in total. The second kappa shape index (κ2) is 6.36. The van der Waals surface area contributed by atoms with Crippen molar-refractivity contribution < 1.29 is 18.9 Å². The first-order chi connectivity index (χ1) is 9.47. The van der Waals surface area contributed by atoms with Crippen molar-refractivity contribution in [2.75, 3.05) is 29.9 Å². The zero-order valence-electron chi connectivity index (χ0n) is 10.5. The minimum Gasteiger partial charge on any atom is -0.478 e. The predicted molar refractivity (Wildman–Crippen MR) is 79.6 cm³/mol. The minimum absolute atomic E-state index is 0.100. The number of urea groups is 1. The van der Waals surface area contributed by atoms with Gasteiger partial charge in [-0.3, -0.25) is 4.21 Å². The van der Waals surface area contributed by atoms with Gasteiger partial charge in [-0.05, 0) is 34.1 Å². The zero-order chi connectivity index (χ0) is 14.7. The van der Waals surface area contributed by atoms with E-state index in [-0.39, 0.29) is 11.6 Å². The van der Waals surface area contributed by atoms with Crippen LogP contribution in [0.15, 0.2) is 22.7 Å². The number of rotatable bonds is 2. The van der Waals surface area contributed by atoms with E-state index >= 15 is 0 Å². The van der Waals surface area contributed by atoms with Crippen molar-refractivity contribution >= 4 is 44.4 Å². The number of halogens is 1. The summed E-state index contributed by atoms with van der Waals surface area (Å²) >= 11 is 3.27. The zero-order valence-corrected chi connectivity index (χ0v) is 12.9. The summed E-state index contributed by atoms with van der Waals surface area (Å²) in [6.07, 6.45) is 0. The highest BCUT2D eigenvalue weighted by Crippen LogP contribution is 2.24. The molecule has 1 heterocycles. The molecule has 0 atom stereocenters. The fourth-order valence-electron chi connectivity index (χ4n) is 1.79. The summed E-state index contributed by atoms with van der Waals surface area (Å²) in [5.41, 5.74) is 0.504. The number of carbonyl (C=O) groups is 2. The molecule has 108 valence electrons. The van der Waals surface area contributed by atoms with Gasteiger partial charge in [0.15, 0.2) is 0 Å². The van der Waals surface area contributed by atoms with Crippen molar-refractivity contribution in [1.82, 2.24) is 4.90 Å². The van der Waals surface area contributed by atoms with E-state index in [0.717, 1.165) is 0 Å². The summed E-state index contributed by atoms with van der Waals surface area (Å²) in [5, 5.41) is 11.6. The van der Waals surface area contributed by atoms with Gasteiger partial charge in [0.2, 0.25) is 0 Å². The van der Waals surface area contributed by atoms with E-state index in [1.807, 2.05) is 0 Å². The van der Waals surface area contributed by atoms with Gasteiger partial charge >= 0.3 is 12.0 Å². The van der Waals surface area contributed by atoms with Crippen molar-refractivity contribution in [3.63, 3.8) is 0 Å². The van der Waals surface area contributed by atoms with Crippen molar-refractivity contribution in [3.05, 3.63) is 28.2 Å². The highest BCUT2D eigenvalue weighted by Gasteiger charge is 2.20. The number of nitrogens with one attached hydrogen (secondary N) is 1. The number of benzene rings is 1. The van der Waals surface area contributed by atoms with Gasteiger partial charge in [0.1, 0.15) is 0 Å². The molecule has 1 aromatic rings. The molecule has 0 bridgehead atoms. The SMILES string of the molecule is O=C(O)c1ccc(Br)c(NC(=O)N2CCS(=O)CC2)c1. The number of nitrogens with zero attached hydrogens (tertiary/aromatic N) is 1. The van der Waals surface area contributed by atoms with Gasteiger partial charge in [0, 0.05) is 39.9 Å². The van der Waals surface area contributed by atoms with Gasteiger partial charge in [-0.2, -0.15) is 0 Å². The molecule has 1 aliphatic rings. The Labute approximate surface area is 126 Å². The van der Waals surface area contributed by atoms with Gasteiger partial charge in [-0.1, -0.05) is 0 Å². The third kappa shape index (κ3) is 3.57. The van der Waals surface area contributed by atoms with E-state index < -0.39 is 16.8 Å². The van der Waals surface area contributed by atoms with Crippen LogP contribution in [0, 0.1) is 0 Å². The van der Waals surface area contributed by atoms with Crippen LogP contribution >= 0.6 is 15.9 Å². The summed E-state index contributed by atoms with van der Waals surface area (Å²) in [4.78, 5) is 24.5. The number of aromatic carboxylic acids is 1. The Hall–Kier alpha value is -1.41. The molecule has 0 aliphatic carbocycles. The first kappa shape index (κ1) is 15.0. The van der Waals surface area contributed by atoms with Crippen LogP contribution in [-0.4, -0.2) is 50.8 Å². The van der Waals surface area contributed by atoms with Crippen molar-refractivity contribution in [2.45, 2.75) is 0 Å². The second-order valence-corrected chi connectivity index (χ2v) is 6.82. The number of amides is 2. The van der Waals surface area contributed by atoms with E-state index in [1.165, 1.54) is 12.1 Å². The Morgan fingerprint density at radius 2 is 1.95 bits per heavy atom. The molecule has 2 amide bonds. The lowest BCUT2D eigenvalue weighted by Crippen LogP contribution is -2.44. The molecule has 1 aromatic carbocycles. The molecule has 1 fully saturated rings. The van der Waals surface area contributed by atoms with Crippen molar-refractivity contribution in [3.8, 4) is 0 Å². The summed E-state index contributed by atoms with van der Waals surface area (Å²) < 4.78 is 11.9. The van der Waals surface area contributed by atoms with Crippen LogP contribution in [0.5, 0.6) is 0 Å². The average molecular weight is 361 g/mol. The van der Waals surface area contributed by atoms with Crippen LogP contribution in [0.3, 0.4) is 0 Å². The lowest BCUT2D eigenvalue weighted by molar-refractivity contribution is 0.0697. The van der Waals surface area contributed by atoms with Crippen LogP contribution in [0.25, 0.3) is 0 Å². The lowest BCUT2D eigenvalue weighted by atomic mass is 10.2. The van der Waals surface area contributed by atoms with E-state index in [4.69, 9.17) is 5.11 Å². The number of hydrogen-bond acceptors (Lipinski definition) is 3. The third-order valence-electron chi connectivity index (χ3n) is 2.92. The molecular formula is C12H13BrN2O4S. The Morgan fingerprint density at radius 3 is 2.55 bits per heavy atom. The maximum Gasteiger partial charge on any atom is 0.335 e. The second-order valence-electron chi connectivity index (χ2n) is 4.27. The van der Waals surface area contributed by atoms with Crippen LogP contribution in [0.4, 0.5) is 10.5 Å². The van der Waals surface area contributed by atoms with Gasteiger partial charge in [-0.25, -0.2) is 9.59 Å². The molecule has 0 radical (unpaired) electrons. The average Bonchev–Trinajstić information content (AvgIpc) is 2.41. The van der Waals surface area contributed by atoms with E-state index in [1.54, 1.807) is 11.0 Å². The Morgan fingerprint density at radius 1 is 1.30 bits per heavy atom. The standard InChI is InChI=1S/C12H13BrN2O4S/c13-9-2-1-8(11(16)17)7-10(9)14-12(18)15-3-5-20(19)6-4-15/h1-2,7H,3-6H2,(H,14,18)(H,16,17). The van der Waals surface area contributed by atoms with Crippen LogP contribution in [0.1, 0.15) is 10.4 Å². The predicted octanol–water partition coefficient (Wildman–Crippen LogP) is 1.74. The van der Waals surface area contributed by atoms with E-state index in [0.29, 0.717) is 34.8 Å². The number of carboxylic acid groups (broad SMARTS) is 1. The first-order valence-electron chi connectivity index (χ1n) is 5.91. The van der Waals surface area contributed by atoms with Crippen LogP contribution in [-0.2, 0) is 10.8 Å². The molecule has 1 aliphatic heterocycles.